The Kier molecular flexibility index (Phi) is 7.07. The van der Waals surface area contributed by atoms with E-state index in [4.69, 9.17) is 0 Å². The summed E-state index contributed by atoms with van der Waals surface area (Å²) in [7, 11) is 0. The molecule has 1 nitrogen and oxygen atoms in total. The van der Waals surface area contributed by atoms with Crippen molar-refractivity contribution in [2.24, 2.45) is 0 Å². The van der Waals surface area contributed by atoms with E-state index in [1.807, 2.05) is 11.3 Å². The van der Waals surface area contributed by atoms with Crippen molar-refractivity contribution >= 4 is 59.3 Å². The first-order valence-corrected chi connectivity index (χ1v) is 17.2. The molecule has 0 amide bonds. The second kappa shape index (κ2) is 12.0. The Morgan fingerprint density at radius 1 is 0.375 bits per heavy atom. The summed E-state index contributed by atoms with van der Waals surface area (Å²) in [6, 6.07) is 68.0. The van der Waals surface area contributed by atoms with Gasteiger partial charge in [0, 0.05) is 36.9 Å². The second-order valence-corrected chi connectivity index (χ2v) is 13.2. The third kappa shape index (κ3) is 4.95. The molecule has 8 aromatic carbocycles. The molecule has 0 N–H and O–H groups in total. The molecule has 0 aliphatic rings. The summed E-state index contributed by atoms with van der Waals surface area (Å²) < 4.78 is 2.61. The van der Waals surface area contributed by atoms with Gasteiger partial charge in [-0.15, -0.1) is 11.3 Å². The molecule has 0 saturated heterocycles. The summed E-state index contributed by atoms with van der Waals surface area (Å²) in [4.78, 5) is 2.44. The highest BCUT2D eigenvalue weighted by atomic mass is 32.1. The maximum Gasteiger partial charge on any atom is 0.0561 e. The Morgan fingerprint density at radius 3 is 1.46 bits per heavy atom. The highest BCUT2D eigenvalue weighted by Gasteiger charge is 2.22. The van der Waals surface area contributed by atoms with Crippen LogP contribution in [0.1, 0.15) is 0 Å². The third-order valence-corrected chi connectivity index (χ3v) is 10.4. The first kappa shape index (κ1) is 28.3. The van der Waals surface area contributed by atoms with Crippen molar-refractivity contribution in [1.29, 1.82) is 0 Å². The summed E-state index contributed by atoms with van der Waals surface area (Å²) in [6.07, 6.45) is 0. The van der Waals surface area contributed by atoms with Crippen molar-refractivity contribution in [3.05, 3.63) is 188 Å². The lowest BCUT2D eigenvalue weighted by atomic mass is 9.95. The van der Waals surface area contributed by atoms with Gasteiger partial charge in [0.15, 0.2) is 0 Å². The van der Waals surface area contributed by atoms with Gasteiger partial charge in [0.2, 0.25) is 0 Å². The van der Waals surface area contributed by atoms with Crippen LogP contribution < -0.4 is 4.90 Å². The smallest absolute Gasteiger partial charge is 0.0561 e. The maximum absolute atomic E-state index is 2.44. The molecule has 1 heterocycles. The predicted molar refractivity (Wildman–Crippen MR) is 208 cm³/mol. The molecule has 0 radical (unpaired) electrons. The van der Waals surface area contributed by atoms with Gasteiger partial charge in [0.1, 0.15) is 0 Å². The fraction of sp³-hybridized carbons (Fsp3) is 0. The largest absolute Gasteiger partial charge is 0.310 e. The lowest BCUT2D eigenvalue weighted by Gasteiger charge is -2.28. The topological polar surface area (TPSA) is 3.24 Å². The number of thiophene rings is 1. The van der Waals surface area contributed by atoms with E-state index in [2.05, 4.69) is 193 Å². The molecule has 226 valence electrons. The van der Waals surface area contributed by atoms with Crippen molar-refractivity contribution in [3.63, 3.8) is 0 Å². The van der Waals surface area contributed by atoms with Gasteiger partial charge in [-0.2, -0.15) is 0 Å². The van der Waals surface area contributed by atoms with Crippen LogP contribution in [0.25, 0.3) is 64.3 Å². The Morgan fingerprint density at radius 2 is 0.875 bits per heavy atom. The van der Waals surface area contributed by atoms with E-state index in [0.717, 1.165) is 11.4 Å². The Labute approximate surface area is 284 Å². The second-order valence-electron chi connectivity index (χ2n) is 12.1. The zero-order chi connectivity index (χ0) is 31.9. The van der Waals surface area contributed by atoms with Gasteiger partial charge >= 0.3 is 0 Å². The SMILES string of the molecule is c1ccc(-c2ccc(N(c3ccc(-c4ccccc4)cc3)c3cc4cccc(-c5ccccc5)c4c4sc5ccccc5c34)cc2)cc1. The highest BCUT2D eigenvalue weighted by molar-refractivity contribution is 7.26. The van der Waals surface area contributed by atoms with Crippen molar-refractivity contribution in [1.82, 2.24) is 0 Å². The molecular weight excluding hydrogens is 599 g/mol. The molecule has 1 aromatic heterocycles. The van der Waals surface area contributed by atoms with Gasteiger partial charge in [-0.25, -0.2) is 0 Å². The molecule has 0 aliphatic heterocycles. The van der Waals surface area contributed by atoms with E-state index >= 15 is 0 Å². The average molecular weight is 630 g/mol. The van der Waals surface area contributed by atoms with Gasteiger partial charge < -0.3 is 4.90 Å². The molecule has 0 unspecified atom stereocenters. The number of hydrogen-bond donors (Lipinski definition) is 0. The van der Waals surface area contributed by atoms with Crippen LogP contribution in [-0.4, -0.2) is 0 Å². The van der Waals surface area contributed by atoms with E-state index in [-0.39, 0.29) is 0 Å². The molecule has 0 fully saturated rings. The minimum atomic E-state index is 1.12. The number of hydrogen-bond acceptors (Lipinski definition) is 2. The maximum atomic E-state index is 2.44. The van der Waals surface area contributed by atoms with Crippen LogP contribution in [0, 0.1) is 0 Å². The molecule has 48 heavy (non-hydrogen) atoms. The van der Waals surface area contributed by atoms with Crippen molar-refractivity contribution in [3.8, 4) is 33.4 Å². The molecular formula is C46H31NS. The summed E-state index contributed by atoms with van der Waals surface area (Å²) >= 11 is 1.89. The summed E-state index contributed by atoms with van der Waals surface area (Å²) in [6.45, 7) is 0. The Bertz CT molecular complexity index is 2430. The minimum Gasteiger partial charge on any atom is -0.310 e. The lowest BCUT2D eigenvalue weighted by molar-refractivity contribution is 1.30. The van der Waals surface area contributed by atoms with E-state index in [0.29, 0.717) is 0 Å². The zero-order valence-electron chi connectivity index (χ0n) is 26.3. The van der Waals surface area contributed by atoms with Gasteiger partial charge in [0.05, 0.1) is 5.69 Å². The molecule has 9 rings (SSSR count). The fourth-order valence-electron chi connectivity index (χ4n) is 6.97. The van der Waals surface area contributed by atoms with Crippen molar-refractivity contribution in [2.45, 2.75) is 0 Å². The van der Waals surface area contributed by atoms with E-state index in [9.17, 15) is 0 Å². The number of fused-ring (bicyclic) bond motifs is 5. The van der Waals surface area contributed by atoms with Crippen LogP contribution in [0.5, 0.6) is 0 Å². The Hall–Kier alpha value is -5.96. The fourth-order valence-corrected chi connectivity index (χ4v) is 8.26. The van der Waals surface area contributed by atoms with Gasteiger partial charge in [-0.3, -0.25) is 0 Å². The lowest BCUT2D eigenvalue weighted by Crippen LogP contribution is -2.10. The third-order valence-electron chi connectivity index (χ3n) is 9.26. The van der Waals surface area contributed by atoms with E-state index < -0.39 is 0 Å². The van der Waals surface area contributed by atoms with Crippen molar-refractivity contribution in [2.75, 3.05) is 4.90 Å². The average Bonchev–Trinajstić information content (AvgIpc) is 3.56. The van der Waals surface area contributed by atoms with Crippen molar-refractivity contribution < 1.29 is 0 Å². The predicted octanol–water partition coefficient (Wildman–Crippen LogP) is 13.7. The molecule has 0 spiro atoms. The first-order chi connectivity index (χ1) is 23.8. The summed E-state index contributed by atoms with van der Waals surface area (Å²) in [5, 5.41) is 5.11. The van der Waals surface area contributed by atoms with E-state index in [1.54, 1.807) is 0 Å². The monoisotopic (exact) mass is 629 g/mol. The Balaban J connectivity index is 1.31. The number of benzene rings is 8. The summed E-state index contributed by atoms with van der Waals surface area (Å²) in [5.74, 6) is 0. The van der Waals surface area contributed by atoms with Crippen LogP contribution in [0.15, 0.2) is 188 Å². The first-order valence-electron chi connectivity index (χ1n) is 16.4. The quantitative estimate of drug-likeness (QED) is 0.177. The molecule has 0 aliphatic carbocycles. The highest BCUT2D eigenvalue weighted by Crippen LogP contribution is 2.50. The molecule has 0 atom stereocenters. The standard InChI is InChI=1S/C46H31NS/c1-4-13-32(14-5-1)34-23-27-38(28-24-34)47(39-29-25-35(26-30-39)33-15-6-2-7-16-33)42-31-37-19-12-21-40(36-17-8-3-9-18-36)44(37)46-45(42)41-20-10-11-22-43(41)48-46/h1-31H. The van der Waals surface area contributed by atoms with Crippen LogP contribution in [-0.2, 0) is 0 Å². The number of rotatable bonds is 6. The van der Waals surface area contributed by atoms with Gasteiger partial charge in [-0.1, -0.05) is 152 Å². The van der Waals surface area contributed by atoms with E-state index in [1.165, 1.54) is 70.0 Å². The van der Waals surface area contributed by atoms with Crippen LogP contribution in [0.4, 0.5) is 17.1 Å². The van der Waals surface area contributed by atoms with Crippen LogP contribution in [0.2, 0.25) is 0 Å². The normalized spacial score (nSPS) is 11.3. The number of nitrogens with zero attached hydrogens (tertiary/aromatic N) is 1. The minimum absolute atomic E-state index is 1.12. The molecule has 2 heteroatoms. The molecule has 0 bridgehead atoms. The zero-order valence-corrected chi connectivity index (χ0v) is 27.1. The molecule has 9 aromatic rings. The van der Waals surface area contributed by atoms with Crippen LogP contribution in [0.3, 0.4) is 0 Å². The van der Waals surface area contributed by atoms with Gasteiger partial charge in [0.25, 0.3) is 0 Å². The van der Waals surface area contributed by atoms with Crippen LogP contribution >= 0.6 is 11.3 Å². The molecule has 0 saturated carbocycles. The summed E-state index contributed by atoms with van der Waals surface area (Å²) in [5.41, 5.74) is 10.8. The van der Waals surface area contributed by atoms with Gasteiger partial charge in [-0.05, 0) is 75.2 Å². The number of anilines is 3.